The number of hydrogen-bond acceptors (Lipinski definition) is 2. The van der Waals surface area contributed by atoms with Crippen molar-refractivity contribution in [2.75, 3.05) is 5.73 Å². The molecule has 0 saturated heterocycles. The largest absolute Gasteiger partial charge is 0.383 e. The highest BCUT2D eigenvalue weighted by Crippen LogP contribution is 2.34. The number of halogens is 3. The van der Waals surface area contributed by atoms with Crippen LogP contribution < -0.4 is 5.73 Å². The smallest absolute Gasteiger partial charge is 0.139 e. The lowest BCUT2D eigenvalue weighted by Crippen LogP contribution is -1.94. The van der Waals surface area contributed by atoms with Crippen molar-refractivity contribution in [3.63, 3.8) is 0 Å². The Balaban J connectivity index is 2.31. The minimum absolute atomic E-state index is 0.528. The number of nitrogen functional groups attached to an aromatic ring is 1. The molecule has 0 aliphatic carbocycles. The average molecular weight is 357 g/mol. The maximum Gasteiger partial charge on any atom is 0.139 e. The maximum absolute atomic E-state index is 6.19. The van der Waals surface area contributed by atoms with E-state index in [0.717, 1.165) is 15.7 Å². The van der Waals surface area contributed by atoms with Crippen molar-refractivity contribution in [2.24, 2.45) is 0 Å². The van der Waals surface area contributed by atoms with Crippen LogP contribution in [0, 0.1) is 0 Å². The molecule has 0 saturated carbocycles. The second-order valence-corrected chi connectivity index (χ2v) is 5.80. The molecule has 0 radical (unpaired) electrons. The highest BCUT2D eigenvalue weighted by molar-refractivity contribution is 9.10. The van der Waals surface area contributed by atoms with Gasteiger partial charge in [0.2, 0.25) is 0 Å². The second kappa shape index (κ2) is 4.71. The average Bonchev–Trinajstić information content (AvgIpc) is 2.70. The van der Waals surface area contributed by atoms with Crippen LogP contribution in [0.5, 0.6) is 0 Å². The fourth-order valence-corrected chi connectivity index (χ4v) is 2.63. The van der Waals surface area contributed by atoms with Gasteiger partial charge in [0.05, 0.1) is 5.02 Å². The highest BCUT2D eigenvalue weighted by Gasteiger charge is 2.14. The Hall–Kier alpha value is -1.23. The Morgan fingerprint density at radius 1 is 1.16 bits per heavy atom. The molecule has 2 aromatic heterocycles. The SMILES string of the molecule is Nc1c(-c2cc(Cl)ccc2Cl)nc2ccc(Br)cn12. The van der Waals surface area contributed by atoms with E-state index >= 15 is 0 Å². The van der Waals surface area contributed by atoms with Gasteiger partial charge in [0.25, 0.3) is 0 Å². The number of rotatable bonds is 1. The number of nitrogens with two attached hydrogens (primary N) is 1. The van der Waals surface area contributed by atoms with Gasteiger partial charge in [-0.2, -0.15) is 0 Å². The Morgan fingerprint density at radius 3 is 2.74 bits per heavy atom. The van der Waals surface area contributed by atoms with Gasteiger partial charge in [0.1, 0.15) is 17.2 Å². The third-order valence-corrected chi connectivity index (χ3v) is 3.84. The maximum atomic E-state index is 6.19. The van der Waals surface area contributed by atoms with Gasteiger partial charge in [-0.25, -0.2) is 4.98 Å². The molecule has 3 rings (SSSR count). The first kappa shape index (κ1) is 12.8. The fourth-order valence-electron chi connectivity index (χ4n) is 1.91. The zero-order valence-corrected chi connectivity index (χ0v) is 12.7. The molecule has 3 nitrogen and oxygen atoms in total. The molecular formula is C13H8BrCl2N3. The van der Waals surface area contributed by atoms with Crippen LogP contribution in [-0.2, 0) is 0 Å². The quantitative estimate of drug-likeness (QED) is 0.689. The van der Waals surface area contributed by atoms with Gasteiger partial charge >= 0.3 is 0 Å². The summed E-state index contributed by atoms with van der Waals surface area (Å²) in [6.45, 7) is 0. The molecule has 0 atom stereocenters. The zero-order valence-electron chi connectivity index (χ0n) is 9.57. The molecule has 2 N–H and O–H groups in total. The molecule has 6 heteroatoms. The molecule has 0 spiro atoms. The lowest BCUT2D eigenvalue weighted by Gasteiger charge is -2.03. The Kier molecular flexibility index (Phi) is 3.17. The first-order chi connectivity index (χ1) is 9.06. The molecule has 19 heavy (non-hydrogen) atoms. The topological polar surface area (TPSA) is 43.3 Å². The summed E-state index contributed by atoms with van der Waals surface area (Å²) in [4.78, 5) is 4.50. The van der Waals surface area contributed by atoms with Gasteiger partial charge in [-0.3, -0.25) is 4.40 Å². The van der Waals surface area contributed by atoms with Crippen molar-refractivity contribution in [3.05, 3.63) is 51.0 Å². The van der Waals surface area contributed by atoms with E-state index in [1.165, 1.54) is 0 Å². The van der Waals surface area contributed by atoms with Crippen molar-refractivity contribution in [1.29, 1.82) is 0 Å². The summed E-state index contributed by atoms with van der Waals surface area (Å²) in [6, 6.07) is 9.01. The lowest BCUT2D eigenvalue weighted by molar-refractivity contribution is 1.18. The molecule has 0 fully saturated rings. The Bertz CT molecular complexity index is 783. The van der Waals surface area contributed by atoms with Crippen LogP contribution in [0.15, 0.2) is 41.0 Å². The van der Waals surface area contributed by atoms with E-state index in [4.69, 9.17) is 28.9 Å². The number of aromatic nitrogens is 2. The van der Waals surface area contributed by atoms with Crippen LogP contribution >= 0.6 is 39.1 Å². The minimum atomic E-state index is 0.528. The van der Waals surface area contributed by atoms with Gasteiger partial charge < -0.3 is 5.73 Å². The summed E-state index contributed by atoms with van der Waals surface area (Å²) in [5.41, 5.74) is 8.25. The summed E-state index contributed by atoms with van der Waals surface area (Å²) >= 11 is 15.6. The van der Waals surface area contributed by atoms with Crippen molar-refractivity contribution < 1.29 is 0 Å². The summed E-state index contributed by atoms with van der Waals surface area (Å²) in [6.07, 6.45) is 1.86. The lowest BCUT2D eigenvalue weighted by atomic mass is 10.1. The normalized spacial score (nSPS) is 11.1. The van der Waals surface area contributed by atoms with E-state index < -0.39 is 0 Å². The number of fused-ring (bicyclic) bond motifs is 1. The zero-order chi connectivity index (χ0) is 13.6. The van der Waals surface area contributed by atoms with Gasteiger partial charge in [-0.15, -0.1) is 0 Å². The van der Waals surface area contributed by atoms with Crippen LogP contribution in [0.2, 0.25) is 10.0 Å². The number of benzene rings is 1. The van der Waals surface area contributed by atoms with Gasteiger partial charge in [0, 0.05) is 21.3 Å². The van der Waals surface area contributed by atoms with Crippen molar-refractivity contribution in [2.45, 2.75) is 0 Å². The van der Waals surface area contributed by atoms with Gasteiger partial charge in [0.15, 0.2) is 0 Å². The molecule has 0 aliphatic heterocycles. The van der Waals surface area contributed by atoms with Crippen LogP contribution in [0.4, 0.5) is 5.82 Å². The molecule has 96 valence electrons. The number of anilines is 1. The van der Waals surface area contributed by atoms with Crippen LogP contribution in [0.1, 0.15) is 0 Å². The third kappa shape index (κ3) is 2.20. The van der Waals surface area contributed by atoms with E-state index in [1.54, 1.807) is 22.6 Å². The summed E-state index contributed by atoms with van der Waals surface area (Å²) in [5, 5.41) is 1.16. The van der Waals surface area contributed by atoms with Crippen LogP contribution in [0.25, 0.3) is 16.9 Å². The first-order valence-electron chi connectivity index (χ1n) is 5.45. The molecule has 0 unspecified atom stereocenters. The Morgan fingerprint density at radius 2 is 1.95 bits per heavy atom. The van der Waals surface area contributed by atoms with Gasteiger partial charge in [-0.05, 0) is 46.3 Å². The van der Waals surface area contributed by atoms with E-state index in [9.17, 15) is 0 Å². The molecule has 2 heterocycles. The molecule has 1 aromatic carbocycles. The van der Waals surface area contributed by atoms with E-state index in [-0.39, 0.29) is 0 Å². The molecule has 0 bridgehead atoms. The fraction of sp³-hybridized carbons (Fsp3) is 0. The Labute approximate surface area is 128 Å². The van der Waals surface area contributed by atoms with Gasteiger partial charge in [-0.1, -0.05) is 23.2 Å². The summed E-state index contributed by atoms with van der Waals surface area (Å²) in [7, 11) is 0. The highest BCUT2D eigenvalue weighted by atomic mass is 79.9. The molecule has 3 aromatic rings. The predicted molar refractivity (Wildman–Crippen MR) is 82.8 cm³/mol. The van der Waals surface area contributed by atoms with E-state index in [2.05, 4.69) is 20.9 Å². The summed E-state index contributed by atoms with van der Waals surface area (Å²) < 4.78 is 2.73. The van der Waals surface area contributed by atoms with Crippen molar-refractivity contribution in [3.8, 4) is 11.3 Å². The van der Waals surface area contributed by atoms with Crippen molar-refractivity contribution >= 4 is 50.6 Å². The summed E-state index contributed by atoms with van der Waals surface area (Å²) in [5.74, 6) is 0.528. The monoisotopic (exact) mass is 355 g/mol. The number of pyridine rings is 1. The number of imidazole rings is 1. The number of hydrogen-bond donors (Lipinski definition) is 1. The van der Waals surface area contributed by atoms with Crippen molar-refractivity contribution in [1.82, 2.24) is 9.38 Å². The van der Waals surface area contributed by atoms with E-state index in [0.29, 0.717) is 21.6 Å². The standard InChI is InChI=1S/C13H8BrCl2N3/c14-7-1-4-11-18-12(13(17)19(11)6-7)9-5-8(15)2-3-10(9)16/h1-6H,17H2. The van der Waals surface area contributed by atoms with Crippen LogP contribution in [-0.4, -0.2) is 9.38 Å². The second-order valence-electron chi connectivity index (χ2n) is 4.05. The van der Waals surface area contributed by atoms with E-state index in [1.807, 2.05) is 18.3 Å². The first-order valence-corrected chi connectivity index (χ1v) is 6.99. The number of nitrogens with zero attached hydrogens (tertiary/aromatic N) is 2. The predicted octanol–water partition coefficient (Wildman–Crippen LogP) is 4.65. The molecule has 0 amide bonds. The molecular weight excluding hydrogens is 349 g/mol. The van der Waals surface area contributed by atoms with Crippen LogP contribution in [0.3, 0.4) is 0 Å². The minimum Gasteiger partial charge on any atom is -0.383 e. The molecule has 0 aliphatic rings. The third-order valence-electron chi connectivity index (χ3n) is 2.80.